The summed E-state index contributed by atoms with van der Waals surface area (Å²) in [5, 5.41) is 9.10. The van der Waals surface area contributed by atoms with E-state index < -0.39 is 5.97 Å². The second kappa shape index (κ2) is 7.44. The zero-order valence-corrected chi connectivity index (χ0v) is 14.0. The highest BCUT2D eigenvalue weighted by molar-refractivity contribution is 5.94. The van der Waals surface area contributed by atoms with Crippen LogP contribution >= 0.6 is 0 Å². The molecular weight excluding hydrogens is 320 g/mol. The number of ether oxygens (including phenoxy) is 1. The number of rotatable bonds is 4. The Bertz CT molecular complexity index is 776. The zero-order chi connectivity index (χ0) is 17.8. The third-order valence-corrected chi connectivity index (χ3v) is 4.34. The van der Waals surface area contributed by atoms with E-state index in [-0.39, 0.29) is 23.2 Å². The molecule has 130 valence electrons. The Morgan fingerprint density at radius 3 is 2.68 bits per heavy atom. The molecule has 0 saturated carbocycles. The van der Waals surface area contributed by atoms with Crippen molar-refractivity contribution in [3.05, 3.63) is 65.0 Å². The van der Waals surface area contributed by atoms with Crippen LogP contribution in [0.3, 0.4) is 0 Å². The van der Waals surface area contributed by atoms with Gasteiger partial charge in [0.2, 0.25) is 0 Å². The average molecular weight is 340 g/mol. The van der Waals surface area contributed by atoms with Gasteiger partial charge in [0.1, 0.15) is 5.69 Å². The minimum Gasteiger partial charge on any atom is -0.478 e. The summed E-state index contributed by atoms with van der Waals surface area (Å²) in [6.07, 6.45) is 0.707. The Morgan fingerprint density at radius 2 is 2.00 bits per heavy atom. The van der Waals surface area contributed by atoms with Crippen molar-refractivity contribution in [1.82, 2.24) is 9.88 Å². The molecule has 6 nitrogen and oxygen atoms in total. The molecule has 1 aromatic heterocycles. The topological polar surface area (TPSA) is 79.7 Å². The van der Waals surface area contributed by atoms with Crippen molar-refractivity contribution in [1.29, 1.82) is 0 Å². The molecule has 1 aliphatic rings. The van der Waals surface area contributed by atoms with Crippen molar-refractivity contribution >= 4 is 11.9 Å². The molecule has 0 unspecified atom stereocenters. The Labute approximate surface area is 146 Å². The molecule has 2 aromatic rings. The molecule has 0 radical (unpaired) electrons. The summed E-state index contributed by atoms with van der Waals surface area (Å²) in [5.41, 5.74) is 1.86. The number of carboxylic acids is 1. The highest BCUT2D eigenvalue weighted by Gasteiger charge is 2.29. The van der Waals surface area contributed by atoms with Crippen LogP contribution in [0.2, 0.25) is 0 Å². The second-order valence-electron chi connectivity index (χ2n) is 6.05. The van der Waals surface area contributed by atoms with Gasteiger partial charge in [0.25, 0.3) is 5.91 Å². The summed E-state index contributed by atoms with van der Waals surface area (Å²) in [5.74, 6) is -1.23. The number of carboxylic acid groups (broad SMARTS) is 1. The molecule has 25 heavy (non-hydrogen) atoms. The van der Waals surface area contributed by atoms with E-state index in [1.165, 1.54) is 12.1 Å². The molecule has 6 heteroatoms. The first-order chi connectivity index (χ1) is 12.1. The maximum Gasteiger partial charge on any atom is 0.337 e. The fourth-order valence-corrected chi connectivity index (χ4v) is 3.03. The summed E-state index contributed by atoms with van der Waals surface area (Å²) in [4.78, 5) is 30.0. The first-order valence-electron chi connectivity index (χ1n) is 8.20. The van der Waals surface area contributed by atoms with Gasteiger partial charge in [-0.25, -0.2) is 9.78 Å². The number of benzene rings is 1. The fourth-order valence-electron chi connectivity index (χ4n) is 3.03. The van der Waals surface area contributed by atoms with Crippen molar-refractivity contribution < 1.29 is 19.4 Å². The van der Waals surface area contributed by atoms with E-state index in [0.717, 1.165) is 5.56 Å². The summed E-state index contributed by atoms with van der Waals surface area (Å²) in [6, 6.07) is 12.8. The molecule has 2 heterocycles. The molecule has 1 atom stereocenters. The number of aromatic nitrogens is 1. The highest BCUT2D eigenvalue weighted by Crippen LogP contribution is 2.17. The lowest BCUT2D eigenvalue weighted by Gasteiger charge is -2.35. The van der Waals surface area contributed by atoms with Crippen LogP contribution < -0.4 is 0 Å². The van der Waals surface area contributed by atoms with Gasteiger partial charge in [0, 0.05) is 6.54 Å². The largest absolute Gasteiger partial charge is 0.478 e. The Hall–Kier alpha value is -2.73. The van der Waals surface area contributed by atoms with E-state index in [2.05, 4.69) is 4.98 Å². The quantitative estimate of drug-likeness (QED) is 0.923. The molecule has 1 N–H and O–H groups in total. The van der Waals surface area contributed by atoms with Gasteiger partial charge in [-0.1, -0.05) is 30.3 Å². The SMILES string of the molecule is Cc1nc(C(=O)N2CCOC[C@@H]2Cc2ccccc2)ccc1C(=O)O. The van der Waals surface area contributed by atoms with Crippen LogP contribution in [0.5, 0.6) is 0 Å². The Balaban J connectivity index is 1.81. The molecule has 0 bridgehead atoms. The first kappa shape index (κ1) is 17.1. The monoisotopic (exact) mass is 340 g/mol. The summed E-state index contributed by atoms with van der Waals surface area (Å²) in [6.45, 7) is 3.06. The highest BCUT2D eigenvalue weighted by atomic mass is 16.5. The van der Waals surface area contributed by atoms with E-state index in [1.807, 2.05) is 30.3 Å². The number of hydrogen-bond acceptors (Lipinski definition) is 4. The maximum absolute atomic E-state index is 12.9. The fraction of sp³-hybridized carbons (Fsp3) is 0.316. The molecule has 1 saturated heterocycles. The molecule has 3 rings (SSSR count). The van der Waals surface area contributed by atoms with Gasteiger partial charge in [0.05, 0.1) is 30.5 Å². The van der Waals surface area contributed by atoms with Gasteiger partial charge in [-0.2, -0.15) is 0 Å². The molecule has 1 fully saturated rings. The van der Waals surface area contributed by atoms with Gasteiger partial charge >= 0.3 is 5.97 Å². The molecule has 0 aliphatic carbocycles. The lowest BCUT2D eigenvalue weighted by molar-refractivity contribution is -0.00196. The van der Waals surface area contributed by atoms with Crippen molar-refractivity contribution in [2.24, 2.45) is 0 Å². The van der Waals surface area contributed by atoms with Crippen LogP contribution in [0.25, 0.3) is 0 Å². The van der Waals surface area contributed by atoms with E-state index in [0.29, 0.717) is 31.9 Å². The number of pyridine rings is 1. The van der Waals surface area contributed by atoms with Crippen LogP contribution in [-0.4, -0.2) is 52.7 Å². The summed E-state index contributed by atoms with van der Waals surface area (Å²) < 4.78 is 5.55. The number of carbonyl (C=O) groups is 2. The van der Waals surface area contributed by atoms with E-state index in [9.17, 15) is 9.59 Å². The van der Waals surface area contributed by atoms with Crippen LogP contribution in [0.1, 0.15) is 32.1 Å². The predicted octanol–water partition coefficient (Wildman–Crippen LogP) is 2.17. The number of amides is 1. The Kier molecular flexibility index (Phi) is 5.09. The van der Waals surface area contributed by atoms with Crippen LogP contribution in [0.4, 0.5) is 0 Å². The second-order valence-corrected chi connectivity index (χ2v) is 6.05. The molecule has 1 aliphatic heterocycles. The lowest BCUT2D eigenvalue weighted by Crippen LogP contribution is -2.50. The molecule has 1 amide bonds. The number of aryl methyl sites for hydroxylation is 1. The van der Waals surface area contributed by atoms with Crippen LogP contribution in [-0.2, 0) is 11.2 Å². The normalized spacial score (nSPS) is 17.3. The minimum absolute atomic E-state index is 0.0649. The third kappa shape index (κ3) is 3.85. The van der Waals surface area contributed by atoms with Crippen LogP contribution in [0.15, 0.2) is 42.5 Å². The van der Waals surface area contributed by atoms with Gasteiger partial charge in [-0.15, -0.1) is 0 Å². The number of nitrogens with zero attached hydrogens (tertiary/aromatic N) is 2. The van der Waals surface area contributed by atoms with E-state index >= 15 is 0 Å². The smallest absolute Gasteiger partial charge is 0.337 e. The van der Waals surface area contributed by atoms with Gasteiger partial charge in [0.15, 0.2) is 0 Å². The number of aromatic carboxylic acids is 1. The average Bonchev–Trinajstić information content (AvgIpc) is 2.62. The molecule has 1 aromatic carbocycles. The molecule has 0 spiro atoms. The third-order valence-electron chi connectivity index (χ3n) is 4.34. The standard InChI is InChI=1S/C19H20N2O4/c1-13-16(19(23)24)7-8-17(20-13)18(22)21-9-10-25-12-15(21)11-14-5-3-2-4-6-14/h2-8,15H,9-12H2,1H3,(H,23,24)/t15-/m0/s1. The molecular formula is C19H20N2O4. The first-order valence-corrected chi connectivity index (χ1v) is 8.20. The van der Waals surface area contributed by atoms with Crippen molar-refractivity contribution in [3.8, 4) is 0 Å². The minimum atomic E-state index is -1.04. The zero-order valence-electron chi connectivity index (χ0n) is 14.0. The summed E-state index contributed by atoms with van der Waals surface area (Å²) in [7, 11) is 0. The van der Waals surface area contributed by atoms with Gasteiger partial charge in [-0.05, 0) is 31.0 Å². The van der Waals surface area contributed by atoms with Crippen molar-refractivity contribution in [2.75, 3.05) is 19.8 Å². The number of hydrogen-bond donors (Lipinski definition) is 1. The van der Waals surface area contributed by atoms with E-state index in [4.69, 9.17) is 9.84 Å². The predicted molar refractivity (Wildman–Crippen MR) is 91.7 cm³/mol. The lowest BCUT2D eigenvalue weighted by atomic mass is 10.0. The van der Waals surface area contributed by atoms with Gasteiger partial charge in [-0.3, -0.25) is 4.79 Å². The van der Waals surface area contributed by atoms with E-state index in [1.54, 1.807) is 11.8 Å². The number of morpholine rings is 1. The van der Waals surface area contributed by atoms with Crippen molar-refractivity contribution in [3.63, 3.8) is 0 Å². The maximum atomic E-state index is 12.9. The van der Waals surface area contributed by atoms with Crippen molar-refractivity contribution in [2.45, 2.75) is 19.4 Å². The number of carbonyl (C=O) groups excluding carboxylic acids is 1. The Morgan fingerprint density at radius 1 is 1.24 bits per heavy atom. The van der Waals surface area contributed by atoms with Gasteiger partial charge < -0.3 is 14.7 Å². The summed E-state index contributed by atoms with van der Waals surface area (Å²) >= 11 is 0. The van der Waals surface area contributed by atoms with Crippen LogP contribution in [0, 0.1) is 6.92 Å².